The zero-order valence-corrected chi connectivity index (χ0v) is 18.6. The summed E-state index contributed by atoms with van der Waals surface area (Å²) >= 11 is 0. The highest BCUT2D eigenvalue weighted by atomic mass is 35.5. The molecule has 1 aliphatic heterocycles. The minimum Gasteiger partial charge on any atom is -0.373 e. The molecule has 0 aliphatic carbocycles. The molecule has 0 radical (unpaired) electrons. The molecular weight excluding hydrogens is 426 g/mol. The lowest BCUT2D eigenvalue weighted by Gasteiger charge is -2.27. The molecule has 9 nitrogen and oxygen atoms in total. The van der Waals surface area contributed by atoms with Crippen LogP contribution in [0.25, 0.3) is 22.3 Å². The van der Waals surface area contributed by atoms with E-state index in [2.05, 4.69) is 57.9 Å². The van der Waals surface area contributed by atoms with E-state index >= 15 is 0 Å². The summed E-state index contributed by atoms with van der Waals surface area (Å²) in [6.07, 6.45) is 3.40. The molecule has 4 heterocycles. The monoisotopic (exact) mass is 451 g/mol. The Morgan fingerprint density at radius 1 is 1.00 bits per heavy atom. The van der Waals surface area contributed by atoms with Crippen molar-refractivity contribution < 1.29 is 0 Å². The Hall–Kier alpha value is -3.27. The van der Waals surface area contributed by atoms with Crippen molar-refractivity contribution in [1.82, 2.24) is 35.1 Å². The molecule has 1 aliphatic rings. The number of aromatic nitrogens is 5. The van der Waals surface area contributed by atoms with Crippen LogP contribution in [0.15, 0.2) is 48.9 Å². The van der Waals surface area contributed by atoms with Gasteiger partial charge >= 0.3 is 0 Å². The van der Waals surface area contributed by atoms with Crippen LogP contribution >= 0.6 is 12.4 Å². The second-order valence-electron chi connectivity index (χ2n) is 7.56. The highest BCUT2D eigenvalue weighted by molar-refractivity contribution is 5.85. The number of halogens is 1. The Balaban J connectivity index is 0.00000245. The molecule has 0 atom stereocenters. The molecule has 166 valence electrons. The summed E-state index contributed by atoms with van der Waals surface area (Å²) in [5.41, 5.74) is 4.90. The molecule has 0 unspecified atom stereocenters. The molecule has 0 bridgehead atoms. The molecule has 5 rings (SSSR count). The highest BCUT2D eigenvalue weighted by Gasteiger charge is 2.11. The Kier molecular flexibility index (Phi) is 6.79. The van der Waals surface area contributed by atoms with Crippen LogP contribution in [0.2, 0.25) is 0 Å². The average molecular weight is 452 g/mol. The number of fused-ring (bicyclic) bond motifs is 1. The lowest BCUT2D eigenvalue weighted by molar-refractivity contribution is 0.233. The van der Waals surface area contributed by atoms with Crippen LogP contribution in [0, 0.1) is 0 Å². The van der Waals surface area contributed by atoms with E-state index in [0.29, 0.717) is 5.95 Å². The van der Waals surface area contributed by atoms with Gasteiger partial charge in [-0.05, 0) is 29.8 Å². The SMILES string of the molecule is CNc1cc(-c2ccc3nc(Nc4cc(CN5CCNCC5)ccn4)[nH]c3c2)ncn1.Cl. The quantitative estimate of drug-likeness (QED) is 0.354. The van der Waals surface area contributed by atoms with Gasteiger partial charge in [0, 0.05) is 57.6 Å². The van der Waals surface area contributed by atoms with Gasteiger partial charge in [-0.3, -0.25) is 4.90 Å². The second kappa shape index (κ2) is 9.90. The van der Waals surface area contributed by atoms with Crippen LogP contribution in [0.1, 0.15) is 5.56 Å². The first-order chi connectivity index (χ1) is 15.3. The summed E-state index contributed by atoms with van der Waals surface area (Å²) in [5, 5.41) is 9.73. The fourth-order valence-corrected chi connectivity index (χ4v) is 3.77. The molecule has 1 aromatic carbocycles. The number of hydrogen-bond donors (Lipinski definition) is 4. The number of piperazine rings is 1. The van der Waals surface area contributed by atoms with Crippen molar-refractivity contribution in [2.75, 3.05) is 43.9 Å². The third-order valence-corrected chi connectivity index (χ3v) is 5.39. The number of rotatable bonds is 6. The molecule has 0 amide bonds. The summed E-state index contributed by atoms with van der Waals surface area (Å²) in [4.78, 5) is 23.5. The van der Waals surface area contributed by atoms with Gasteiger partial charge in [-0.25, -0.2) is 19.9 Å². The number of imidazole rings is 1. The van der Waals surface area contributed by atoms with E-state index in [0.717, 1.165) is 66.7 Å². The number of nitrogens with one attached hydrogen (secondary N) is 4. The standard InChI is InChI=1S/C22H25N9.ClH/c1-23-20-12-18(26-14-27-20)16-2-3-17-19(11-16)29-22(28-17)30-21-10-15(4-5-25-21)13-31-8-6-24-7-9-31;/h2-5,10-12,14,24H,6-9,13H2,1H3,(H,23,26,27)(H2,25,28,29,30);1H. The zero-order valence-electron chi connectivity index (χ0n) is 17.8. The molecule has 1 saturated heterocycles. The minimum atomic E-state index is 0. The molecule has 4 aromatic rings. The maximum absolute atomic E-state index is 4.65. The van der Waals surface area contributed by atoms with E-state index < -0.39 is 0 Å². The predicted octanol–water partition coefficient (Wildman–Crippen LogP) is 3.03. The van der Waals surface area contributed by atoms with Gasteiger partial charge in [-0.15, -0.1) is 12.4 Å². The van der Waals surface area contributed by atoms with Crippen LogP contribution in [-0.4, -0.2) is 63.0 Å². The normalized spacial score (nSPS) is 14.2. The molecule has 0 saturated carbocycles. The maximum atomic E-state index is 4.65. The van der Waals surface area contributed by atoms with Gasteiger partial charge in [0.15, 0.2) is 0 Å². The molecular formula is C22H26ClN9. The average Bonchev–Trinajstić information content (AvgIpc) is 3.21. The number of nitrogens with zero attached hydrogens (tertiary/aromatic N) is 5. The predicted molar refractivity (Wildman–Crippen MR) is 130 cm³/mol. The highest BCUT2D eigenvalue weighted by Crippen LogP contribution is 2.25. The summed E-state index contributed by atoms with van der Waals surface area (Å²) in [6, 6.07) is 12.1. The Labute approximate surface area is 192 Å². The van der Waals surface area contributed by atoms with E-state index in [1.807, 2.05) is 37.5 Å². The number of hydrogen-bond acceptors (Lipinski definition) is 8. The van der Waals surface area contributed by atoms with Gasteiger partial charge < -0.3 is 20.9 Å². The van der Waals surface area contributed by atoms with Crippen LogP contribution in [0.4, 0.5) is 17.6 Å². The minimum absolute atomic E-state index is 0. The first kappa shape index (κ1) is 21.9. The summed E-state index contributed by atoms with van der Waals surface area (Å²) in [5.74, 6) is 2.22. The van der Waals surface area contributed by atoms with Crippen LogP contribution < -0.4 is 16.0 Å². The lowest BCUT2D eigenvalue weighted by atomic mass is 10.1. The number of pyridine rings is 1. The van der Waals surface area contributed by atoms with E-state index in [-0.39, 0.29) is 12.4 Å². The Morgan fingerprint density at radius 3 is 2.72 bits per heavy atom. The van der Waals surface area contributed by atoms with E-state index in [9.17, 15) is 0 Å². The van der Waals surface area contributed by atoms with Crippen LogP contribution in [0.5, 0.6) is 0 Å². The summed E-state index contributed by atoms with van der Waals surface area (Å²) in [6.45, 7) is 5.15. The summed E-state index contributed by atoms with van der Waals surface area (Å²) < 4.78 is 0. The number of H-pyrrole nitrogens is 1. The second-order valence-corrected chi connectivity index (χ2v) is 7.56. The van der Waals surface area contributed by atoms with Crippen molar-refractivity contribution in [3.05, 3.63) is 54.5 Å². The van der Waals surface area contributed by atoms with Gasteiger partial charge in [0.1, 0.15) is 18.0 Å². The van der Waals surface area contributed by atoms with Gasteiger partial charge in [-0.2, -0.15) is 0 Å². The third kappa shape index (κ3) is 4.96. The van der Waals surface area contributed by atoms with Crippen molar-refractivity contribution in [2.24, 2.45) is 0 Å². The maximum Gasteiger partial charge on any atom is 0.206 e. The number of benzene rings is 1. The van der Waals surface area contributed by atoms with Crippen LogP contribution in [0.3, 0.4) is 0 Å². The van der Waals surface area contributed by atoms with Crippen molar-refractivity contribution in [3.8, 4) is 11.3 Å². The molecule has 32 heavy (non-hydrogen) atoms. The summed E-state index contributed by atoms with van der Waals surface area (Å²) in [7, 11) is 1.84. The topological polar surface area (TPSA) is 107 Å². The van der Waals surface area contributed by atoms with E-state index in [4.69, 9.17) is 0 Å². The van der Waals surface area contributed by atoms with Crippen molar-refractivity contribution in [3.63, 3.8) is 0 Å². The fraction of sp³-hybridized carbons (Fsp3) is 0.273. The Morgan fingerprint density at radius 2 is 1.88 bits per heavy atom. The van der Waals surface area contributed by atoms with Gasteiger partial charge in [0.2, 0.25) is 5.95 Å². The molecule has 3 aromatic heterocycles. The van der Waals surface area contributed by atoms with Gasteiger partial charge in [0.25, 0.3) is 0 Å². The largest absolute Gasteiger partial charge is 0.373 e. The molecule has 4 N–H and O–H groups in total. The third-order valence-electron chi connectivity index (χ3n) is 5.39. The first-order valence-electron chi connectivity index (χ1n) is 10.4. The molecule has 0 spiro atoms. The van der Waals surface area contributed by atoms with E-state index in [1.165, 1.54) is 5.56 Å². The van der Waals surface area contributed by atoms with Gasteiger partial charge in [-0.1, -0.05) is 6.07 Å². The molecule has 10 heteroatoms. The van der Waals surface area contributed by atoms with Crippen LogP contribution in [-0.2, 0) is 6.54 Å². The smallest absolute Gasteiger partial charge is 0.206 e. The number of aromatic amines is 1. The van der Waals surface area contributed by atoms with Crippen molar-refractivity contribution >= 4 is 41.0 Å². The fourth-order valence-electron chi connectivity index (χ4n) is 3.77. The molecule has 1 fully saturated rings. The van der Waals surface area contributed by atoms with Crippen molar-refractivity contribution in [1.29, 1.82) is 0 Å². The number of anilines is 3. The Bertz CT molecular complexity index is 1190. The zero-order chi connectivity index (χ0) is 21.0. The van der Waals surface area contributed by atoms with Crippen molar-refractivity contribution in [2.45, 2.75) is 6.54 Å². The van der Waals surface area contributed by atoms with E-state index in [1.54, 1.807) is 6.33 Å². The van der Waals surface area contributed by atoms with Gasteiger partial charge in [0.05, 0.1) is 16.7 Å². The lowest BCUT2D eigenvalue weighted by Crippen LogP contribution is -2.42. The first-order valence-corrected chi connectivity index (χ1v) is 10.4.